The Morgan fingerprint density at radius 2 is 1.72 bits per heavy atom. The molecule has 0 aliphatic carbocycles. The highest BCUT2D eigenvalue weighted by Gasteiger charge is 2.04. The molecule has 0 fully saturated rings. The van der Waals surface area contributed by atoms with Crippen LogP contribution in [-0.4, -0.2) is 15.1 Å². The molecule has 18 heavy (non-hydrogen) atoms. The highest BCUT2D eigenvalue weighted by Crippen LogP contribution is 2.13. The summed E-state index contributed by atoms with van der Waals surface area (Å²) in [5, 5.41) is 9.09. The fourth-order valence-electron chi connectivity index (χ4n) is 2.13. The molecule has 0 unspecified atom stereocenters. The normalized spacial score (nSPS) is 10.7. The fourth-order valence-corrected chi connectivity index (χ4v) is 2.13. The Hall–Kier alpha value is -1.74. The number of hydrogen-bond acceptors (Lipinski definition) is 3. The summed E-state index contributed by atoms with van der Waals surface area (Å²) in [6.45, 7) is 6.09. The molecule has 0 atom stereocenters. The van der Waals surface area contributed by atoms with Gasteiger partial charge in [0.1, 0.15) is 5.82 Å². The highest BCUT2D eigenvalue weighted by molar-refractivity contribution is 5.30. The maximum atomic E-state index is 9.09. The lowest BCUT2D eigenvalue weighted by molar-refractivity contribution is 0.280. The Bertz CT molecular complexity index is 544. The molecule has 1 aromatic heterocycles. The topological polar surface area (TPSA) is 46.0 Å². The minimum absolute atomic E-state index is 0.00430. The van der Waals surface area contributed by atoms with Crippen LogP contribution in [0.2, 0.25) is 0 Å². The SMILES string of the molecule is Cc1cc(C)cc(Cc2ncc(CO)c(C)n2)c1. The Labute approximate surface area is 108 Å². The molecule has 1 N–H and O–H groups in total. The van der Waals surface area contributed by atoms with E-state index in [9.17, 15) is 0 Å². The van der Waals surface area contributed by atoms with Gasteiger partial charge in [-0.1, -0.05) is 29.3 Å². The van der Waals surface area contributed by atoms with E-state index in [0.717, 1.165) is 23.5 Å². The summed E-state index contributed by atoms with van der Waals surface area (Å²) >= 11 is 0. The summed E-state index contributed by atoms with van der Waals surface area (Å²) in [6.07, 6.45) is 2.44. The molecular weight excluding hydrogens is 224 g/mol. The molecular formula is C15H18N2O. The predicted molar refractivity (Wildman–Crippen MR) is 71.4 cm³/mol. The maximum Gasteiger partial charge on any atom is 0.132 e. The average molecular weight is 242 g/mol. The van der Waals surface area contributed by atoms with Gasteiger partial charge in [-0.25, -0.2) is 9.97 Å². The van der Waals surface area contributed by atoms with Gasteiger partial charge < -0.3 is 5.11 Å². The Morgan fingerprint density at radius 3 is 2.28 bits per heavy atom. The molecule has 0 bridgehead atoms. The molecule has 2 aromatic rings. The van der Waals surface area contributed by atoms with Crippen LogP contribution < -0.4 is 0 Å². The van der Waals surface area contributed by atoms with E-state index in [1.54, 1.807) is 6.20 Å². The molecule has 0 aliphatic rings. The second kappa shape index (κ2) is 5.27. The van der Waals surface area contributed by atoms with Gasteiger partial charge in [0, 0.05) is 23.9 Å². The average Bonchev–Trinajstić information content (AvgIpc) is 2.27. The van der Waals surface area contributed by atoms with E-state index in [0.29, 0.717) is 0 Å². The number of nitrogens with zero attached hydrogens (tertiary/aromatic N) is 2. The van der Waals surface area contributed by atoms with Gasteiger partial charge in [-0.3, -0.25) is 0 Å². The zero-order chi connectivity index (χ0) is 13.1. The second-order valence-electron chi connectivity index (χ2n) is 4.73. The van der Waals surface area contributed by atoms with Crippen molar-refractivity contribution in [1.82, 2.24) is 9.97 Å². The number of hydrogen-bond donors (Lipinski definition) is 1. The second-order valence-corrected chi connectivity index (χ2v) is 4.73. The molecule has 0 spiro atoms. The van der Waals surface area contributed by atoms with Gasteiger partial charge in [-0.15, -0.1) is 0 Å². The largest absolute Gasteiger partial charge is 0.392 e. The summed E-state index contributed by atoms with van der Waals surface area (Å²) in [5.41, 5.74) is 5.39. The summed E-state index contributed by atoms with van der Waals surface area (Å²) in [7, 11) is 0. The first kappa shape index (κ1) is 12.7. The standard InChI is InChI=1S/C15H18N2O/c1-10-4-11(2)6-13(5-10)7-15-16-8-14(9-18)12(3)17-15/h4-6,8,18H,7,9H2,1-3H3. The number of aliphatic hydroxyl groups excluding tert-OH is 1. The Balaban J connectivity index is 2.25. The number of rotatable bonds is 3. The zero-order valence-electron chi connectivity index (χ0n) is 11.1. The zero-order valence-corrected chi connectivity index (χ0v) is 11.1. The van der Waals surface area contributed by atoms with Crippen LogP contribution >= 0.6 is 0 Å². The van der Waals surface area contributed by atoms with Crippen LogP contribution in [0.15, 0.2) is 24.4 Å². The van der Waals surface area contributed by atoms with E-state index in [4.69, 9.17) is 5.11 Å². The van der Waals surface area contributed by atoms with Crippen molar-refractivity contribution in [2.24, 2.45) is 0 Å². The van der Waals surface area contributed by atoms with Gasteiger partial charge in [0.25, 0.3) is 0 Å². The number of aryl methyl sites for hydroxylation is 3. The molecule has 3 nitrogen and oxygen atoms in total. The molecule has 0 radical (unpaired) electrons. The predicted octanol–water partition coefficient (Wildman–Crippen LogP) is 2.48. The van der Waals surface area contributed by atoms with Crippen molar-refractivity contribution in [3.05, 3.63) is 58.2 Å². The molecule has 3 heteroatoms. The minimum Gasteiger partial charge on any atom is -0.392 e. The molecule has 0 saturated carbocycles. The Morgan fingerprint density at radius 1 is 1.06 bits per heavy atom. The molecule has 2 rings (SSSR count). The van der Waals surface area contributed by atoms with Gasteiger partial charge in [0.2, 0.25) is 0 Å². The Kier molecular flexibility index (Phi) is 3.72. The van der Waals surface area contributed by atoms with Crippen LogP contribution in [-0.2, 0) is 13.0 Å². The van der Waals surface area contributed by atoms with Crippen molar-refractivity contribution in [3.63, 3.8) is 0 Å². The van der Waals surface area contributed by atoms with Crippen molar-refractivity contribution >= 4 is 0 Å². The van der Waals surface area contributed by atoms with Gasteiger partial charge >= 0.3 is 0 Å². The van der Waals surface area contributed by atoms with Crippen LogP contribution in [0.1, 0.15) is 33.8 Å². The van der Waals surface area contributed by atoms with Gasteiger partial charge in [0.15, 0.2) is 0 Å². The van der Waals surface area contributed by atoms with Crippen LogP contribution in [0.4, 0.5) is 0 Å². The van der Waals surface area contributed by atoms with Crippen LogP contribution in [0.5, 0.6) is 0 Å². The first-order valence-corrected chi connectivity index (χ1v) is 6.08. The lowest BCUT2D eigenvalue weighted by atomic mass is 10.0. The van der Waals surface area contributed by atoms with Crippen molar-refractivity contribution in [2.45, 2.75) is 33.8 Å². The fraction of sp³-hybridized carbons (Fsp3) is 0.333. The van der Waals surface area contributed by atoms with Gasteiger partial charge in [0.05, 0.1) is 6.61 Å². The molecule has 1 heterocycles. The number of aliphatic hydroxyl groups is 1. The van der Waals surface area contributed by atoms with Crippen molar-refractivity contribution in [3.8, 4) is 0 Å². The van der Waals surface area contributed by atoms with Crippen LogP contribution in [0.3, 0.4) is 0 Å². The summed E-state index contributed by atoms with van der Waals surface area (Å²) in [4.78, 5) is 8.72. The minimum atomic E-state index is -0.00430. The first-order valence-electron chi connectivity index (χ1n) is 6.08. The summed E-state index contributed by atoms with van der Waals surface area (Å²) in [6, 6.07) is 6.47. The third-order valence-electron chi connectivity index (χ3n) is 2.94. The number of benzene rings is 1. The highest BCUT2D eigenvalue weighted by atomic mass is 16.3. The van der Waals surface area contributed by atoms with Crippen molar-refractivity contribution < 1.29 is 5.11 Å². The number of aromatic nitrogens is 2. The van der Waals surface area contributed by atoms with E-state index >= 15 is 0 Å². The lowest BCUT2D eigenvalue weighted by Crippen LogP contribution is -2.02. The third-order valence-corrected chi connectivity index (χ3v) is 2.94. The van der Waals surface area contributed by atoms with Crippen molar-refractivity contribution in [1.29, 1.82) is 0 Å². The van der Waals surface area contributed by atoms with E-state index in [-0.39, 0.29) is 6.61 Å². The quantitative estimate of drug-likeness (QED) is 0.899. The van der Waals surface area contributed by atoms with Crippen molar-refractivity contribution in [2.75, 3.05) is 0 Å². The molecule has 0 saturated heterocycles. The smallest absolute Gasteiger partial charge is 0.132 e. The monoisotopic (exact) mass is 242 g/mol. The van der Waals surface area contributed by atoms with E-state index in [1.165, 1.54) is 16.7 Å². The van der Waals surface area contributed by atoms with Crippen LogP contribution in [0, 0.1) is 20.8 Å². The molecule has 94 valence electrons. The lowest BCUT2D eigenvalue weighted by Gasteiger charge is -2.06. The summed E-state index contributed by atoms with van der Waals surface area (Å²) < 4.78 is 0. The van der Waals surface area contributed by atoms with Crippen LogP contribution in [0.25, 0.3) is 0 Å². The third kappa shape index (κ3) is 2.93. The first-order chi connectivity index (χ1) is 8.58. The van der Waals surface area contributed by atoms with Gasteiger partial charge in [-0.2, -0.15) is 0 Å². The molecule has 1 aromatic carbocycles. The van der Waals surface area contributed by atoms with Gasteiger partial charge in [-0.05, 0) is 26.3 Å². The molecule has 0 amide bonds. The van der Waals surface area contributed by atoms with E-state index in [1.807, 2.05) is 6.92 Å². The van der Waals surface area contributed by atoms with E-state index < -0.39 is 0 Å². The summed E-state index contributed by atoms with van der Waals surface area (Å²) in [5.74, 6) is 0.801. The maximum absolute atomic E-state index is 9.09. The van der Waals surface area contributed by atoms with E-state index in [2.05, 4.69) is 42.0 Å². The molecule has 0 aliphatic heterocycles.